The normalized spacial score (nSPS) is 18.0. The molecule has 4 rings (SSSR count). The van der Waals surface area contributed by atoms with Crippen LogP contribution in [0.25, 0.3) is 11.0 Å². The largest absolute Gasteiger partial charge is 0.494 e. The highest BCUT2D eigenvalue weighted by Crippen LogP contribution is 2.32. The number of halogens is 1. The number of H-pyrrole nitrogens is 1. The molecule has 0 spiro atoms. The molecule has 0 saturated carbocycles. The van der Waals surface area contributed by atoms with E-state index in [0.29, 0.717) is 0 Å². The molecule has 2 unspecified atom stereocenters. The van der Waals surface area contributed by atoms with Gasteiger partial charge in [0.1, 0.15) is 5.65 Å². The maximum atomic E-state index is 14.0. The van der Waals surface area contributed by atoms with Gasteiger partial charge in [0.05, 0.1) is 13.2 Å². The first-order chi connectivity index (χ1) is 12.2. The van der Waals surface area contributed by atoms with Crippen molar-refractivity contribution in [1.82, 2.24) is 15.0 Å². The molecule has 0 saturated heterocycles. The quantitative estimate of drug-likeness (QED) is 0.786. The minimum atomic E-state index is -0.352. The van der Waals surface area contributed by atoms with Crippen LogP contribution in [0.5, 0.6) is 5.75 Å². The van der Waals surface area contributed by atoms with E-state index in [4.69, 9.17) is 4.74 Å². The molecule has 0 fully saturated rings. The van der Waals surface area contributed by atoms with Gasteiger partial charge in [-0.25, -0.2) is 9.37 Å². The van der Waals surface area contributed by atoms with E-state index in [2.05, 4.69) is 15.1 Å². The molecule has 2 atom stereocenters. The number of methoxy groups -OCH3 is 1. The molecule has 3 heterocycles. The maximum absolute atomic E-state index is 14.0. The number of hydrogen-bond donors (Lipinski definition) is 1. The molecular weight excluding hydrogens is 319 g/mol. The molecule has 0 bridgehead atoms. The van der Waals surface area contributed by atoms with Gasteiger partial charge in [0.15, 0.2) is 11.6 Å². The van der Waals surface area contributed by atoms with Gasteiger partial charge in [0, 0.05) is 36.5 Å². The lowest BCUT2D eigenvalue weighted by molar-refractivity contribution is 0.238. The van der Waals surface area contributed by atoms with Gasteiger partial charge in [-0.15, -0.1) is 0 Å². The number of pyridine rings is 1. The lowest BCUT2D eigenvalue weighted by atomic mass is 9.98. The van der Waals surface area contributed by atoms with Crippen LogP contribution >= 0.6 is 0 Å². The second-order valence-electron chi connectivity index (χ2n) is 6.20. The van der Waals surface area contributed by atoms with Crippen LogP contribution in [0.1, 0.15) is 30.0 Å². The van der Waals surface area contributed by atoms with E-state index >= 15 is 0 Å². The molecule has 5 nitrogen and oxygen atoms in total. The van der Waals surface area contributed by atoms with Crippen molar-refractivity contribution in [3.63, 3.8) is 0 Å². The van der Waals surface area contributed by atoms with Crippen molar-refractivity contribution >= 4 is 17.2 Å². The minimum Gasteiger partial charge on any atom is -0.494 e. The first-order valence-electron chi connectivity index (χ1n) is 8.23. The number of hydrogen-bond acceptors (Lipinski definition) is 4. The molecule has 2 aromatic heterocycles. The highest BCUT2D eigenvalue weighted by Gasteiger charge is 2.26. The molecule has 0 radical (unpaired) electrons. The van der Waals surface area contributed by atoms with Crippen molar-refractivity contribution in [3.8, 4) is 5.75 Å². The molecule has 1 aliphatic heterocycles. The zero-order valence-corrected chi connectivity index (χ0v) is 14.1. The number of benzene rings is 1. The number of nitrogens with one attached hydrogen (secondary N) is 1. The van der Waals surface area contributed by atoms with Gasteiger partial charge in [-0.1, -0.05) is 6.07 Å². The number of rotatable bonds is 4. The highest BCUT2D eigenvalue weighted by atomic mass is 19.1. The Hall–Kier alpha value is -2.89. The van der Waals surface area contributed by atoms with Gasteiger partial charge < -0.3 is 9.72 Å². The van der Waals surface area contributed by atoms with E-state index < -0.39 is 0 Å². The van der Waals surface area contributed by atoms with Gasteiger partial charge in [-0.05, 0) is 42.3 Å². The summed E-state index contributed by atoms with van der Waals surface area (Å²) in [4.78, 5) is 7.47. The van der Waals surface area contributed by atoms with Crippen LogP contribution in [0, 0.1) is 5.82 Å². The van der Waals surface area contributed by atoms with Gasteiger partial charge in [0.2, 0.25) is 0 Å². The number of aromatic amines is 1. The van der Waals surface area contributed by atoms with E-state index in [1.807, 2.05) is 48.7 Å². The van der Waals surface area contributed by atoms with Crippen LogP contribution in [0.15, 0.2) is 47.8 Å². The predicted molar refractivity (Wildman–Crippen MR) is 95.4 cm³/mol. The topological polar surface area (TPSA) is 53.5 Å². The third kappa shape index (κ3) is 2.73. The second kappa shape index (κ2) is 6.20. The Kier molecular flexibility index (Phi) is 3.87. The third-order valence-corrected chi connectivity index (χ3v) is 4.78. The molecule has 6 heteroatoms. The fourth-order valence-electron chi connectivity index (χ4n) is 3.32. The Morgan fingerprint density at radius 3 is 3.00 bits per heavy atom. The Morgan fingerprint density at radius 1 is 1.32 bits per heavy atom. The molecule has 1 aliphatic rings. The first-order valence-corrected chi connectivity index (χ1v) is 8.23. The predicted octanol–water partition coefficient (Wildman–Crippen LogP) is 3.86. The van der Waals surface area contributed by atoms with Crippen LogP contribution in [0.3, 0.4) is 0 Å². The molecule has 25 heavy (non-hydrogen) atoms. The molecule has 3 aromatic rings. The average molecular weight is 338 g/mol. The molecular formula is C19H19FN4O. The van der Waals surface area contributed by atoms with Gasteiger partial charge in [-0.3, -0.25) is 5.01 Å². The summed E-state index contributed by atoms with van der Waals surface area (Å²) in [6.45, 7) is 2.78. The monoisotopic (exact) mass is 338 g/mol. The maximum Gasteiger partial charge on any atom is 0.165 e. The number of nitrogens with zero attached hydrogens (tertiary/aromatic N) is 3. The summed E-state index contributed by atoms with van der Waals surface area (Å²) in [5, 5.41) is 7.66. The lowest BCUT2D eigenvalue weighted by Crippen LogP contribution is -2.21. The summed E-state index contributed by atoms with van der Waals surface area (Å²) >= 11 is 0. The summed E-state index contributed by atoms with van der Waals surface area (Å²) < 4.78 is 19.0. The molecule has 1 N–H and O–H groups in total. The van der Waals surface area contributed by atoms with E-state index in [9.17, 15) is 4.39 Å². The standard InChI is InChI=1S/C19H19FN4O/c1-12(13-3-4-18(25-2)17(20)9-13)24-11-14(10-23-24)15-5-7-21-19-16(15)6-8-22-19/h3-10,12,14H,11H2,1-2H3,(H,21,22). The van der Waals surface area contributed by atoms with Crippen molar-refractivity contribution in [2.75, 3.05) is 13.7 Å². The van der Waals surface area contributed by atoms with Crippen LogP contribution in [0.4, 0.5) is 4.39 Å². The summed E-state index contributed by atoms with van der Waals surface area (Å²) in [6.07, 6.45) is 5.67. The van der Waals surface area contributed by atoms with Crippen molar-refractivity contribution in [3.05, 3.63) is 59.7 Å². The summed E-state index contributed by atoms with van der Waals surface area (Å²) in [7, 11) is 1.47. The Bertz CT molecular complexity index is 936. The average Bonchev–Trinajstić information content (AvgIpc) is 3.30. The highest BCUT2D eigenvalue weighted by molar-refractivity contribution is 5.85. The number of ether oxygens (including phenoxy) is 1. The van der Waals surface area contributed by atoms with E-state index in [0.717, 1.165) is 23.1 Å². The third-order valence-electron chi connectivity index (χ3n) is 4.78. The van der Waals surface area contributed by atoms with E-state index in [1.165, 1.54) is 18.7 Å². The van der Waals surface area contributed by atoms with Crippen molar-refractivity contribution in [2.45, 2.75) is 18.9 Å². The van der Waals surface area contributed by atoms with Gasteiger partial charge in [-0.2, -0.15) is 5.10 Å². The van der Waals surface area contributed by atoms with Crippen LogP contribution in [-0.2, 0) is 0 Å². The lowest BCUT2D eigenvalue weighted by Gasteiger charge is -2.24. The number of hydrazone groups is 1. The second-order valence-corrected chi connectivity index (χ2v) is 6.20. The molecule has 0 aliphatic carbocycles. The molecule has 1 aromatic carbocycles. The van der Waals surface area contributed by atoms with Crippen LogP contribution < -0.4 is 4.74 Å². The number of fused-ring (bicyclic) bond motifs is 1. The van der Waals surface area contributed by atoms with Gasteiger partial charge in [0.25, 0.3) is 0 Å². The zero-order chi connectivity index (χ0) is 17.4. The van der Waals surface area contributed by atoms with Crippen molar-refractivity contribution in [2.24, 2.45) is 5.10 Å². The van der Waals surface area contributed by atoms with Crippen molar-refractivity contribution in [1.29, 1.82) is 0 Å². The summed E-state index contributed by atoms with van der Waals surface area (Å²) in [5.41, 5.74) is 2.96. The fourth-order valence-corrected chi connectivity index (χ4v) is 3.32. The zero-order valence-electron chi connectivity index (χ0n) is 14.1. The van der Waals surface area contributed by atoms with Gasteiger partial charge >= 0.3 is 0 Å². The summed E-state index contributed by atoms with van der Waals surface area (Å²) in [6, 6.07) is 9.11. The van der Waals surface area contributed by atoms with Crippen molar-refractivity contribution < 1.29 is 9.13 Å². The van der Waals surface area contributed by atoms with Crippen LogP contribution in [-0.4, -0.2) is 34.8 Å². The minimum absolute atomic E-state index is 0.0230. The smallest absolute Gasteiger partial charge is 0.165 e. The van der Waals surface area contributed by atoms with E-state index in [1.54, 1.807) is 6.07 Å². The Morgan fingerprint density at radius 2 is 2.20 bits per heavy atom. The van der Waals surface area contributed by atoms with E-state index in [-0.39, 0.29) is 23.5 Å². The Balaban J connectivity index is 1.55. The fraction of sp³-hybridized carbons (Fsp3) is 0.263. The SMILES string of the molecule is COc1ccc(C(C)N2CC(c3ccnc4[nH]ccc34)C=N2)cc1F. The van der Waals surface area contributed by atoms with Crippen LogP contribution in [0.2, 0.25) is 0 Å². The summed E-state index contributed by atoms with van der Waals surface area (Å²) in [5.74, 6) is 0.0898. The molecule has 0 amide bonds. The Labute approximate surface area is 145 Å². The number of aromatic nitrogens is 2. The molecule has 128 valence electrons. The first kappa shape index (κ1) is 15.6.